The van der Waals surface area contributed by atoms with E-state index in [0.717, 1.165) is 11.1 Å². The second-order valence-corrected chi connectivity index (χ2v) is 6.69. The van der Waals surface area contributed by atoms with Crippen molar-refractivity contribution in [3.63, 3.8) is 0 Å². The van der Waals surface area contributed by atoms with E-state index in [-0.39, 0.29) is 24.3 Å². The van der Waals surface area contributed by atoms with Crippen molar-refractivity contribution in [3.8, 4) is 5.75 Å². The zero-order chi connectivity index (χ0) is 19.9. The van der Waals surface area contributed by atoms with Gasteiger partial charge in [-0.1, -0.05) is 60.2 Å². The topological polar surface area (TPSA) is 55.4 Å². The van der Waals surface area contributed by atoms with Gasteiger partial charge in [0.1, 0.15) is 5.75 Å². The van der Waals surface area contributed by atoms with E-state index >= 15 is 0 Å². The number of carbonyl (C=O) groups excluding carboxylic acids is 2. The maximum absolute atomic E-state index is 12.5. The lowest BCUT2D eigenvalue weighted by atomic mass is 9.98. The molecular weight excluding hydrogens is 350 g/mol. The average Bonchev–Trinajstić information content (AvgIpc) is 2.72. The first-order valence-corrected chi connectivity index (χ1v) is 9.17. The predicted octanol–water partition coefficient (Wildman–Crippen LogP) is 4.48. The number of hydrogen-bond donors (Lipinski definition) is 1. The second kappa shape index (κ2) is 9.00. The molecule has 0 fully saturated rings. The average molecular weight is 373 g/mol. The Hall–Kier alpha value is -3.40. The molecule has 4 heteroatoms. The van der Waals surface area contributed by atoms with Crippen molar-refractivity contribution >= 4 is 11.7 Å². The second-order valence-electron chi connectivity index (χ2n) is 6.69. The Bertz CT molecular complexity index is 932. The summed E-state index contributed by atoms with van der Waals surface area (Å²) in [6, 6.07) is 24.5. The molecule has 3 aromatic carbocycles. The van der Waals surface area contributed by atoms with Crippen LogP contribution in [0.5, 0.6) is 5.75 Å². The fraction of sp³-hybridized carbons (Fsp3) is 0.167. The number of benzene rings is 3. The highest BCUT2D eigenvalue weighted by atomic mass is 16.5. The lowest BCUT2D eigenvalue weighted by molar-refractivity contribution is -0.123. The van der Waals surface area contributed by atoms with Gasteiger partial charge in [-0.15, -0.1) is 0 Å². The van der Waals surface area contributed by atoms with Crippen molar-refractivity contribution in [1.82, 2.24) is 5.32 Å². The zero-order valence-corrected chi connectivity index (χ0v) is 16.0. The largest absolute Gasteiger partial charge is 0.484 e. The van der Waals surface area contributed by atoms with E-state index in [2.05, 4.69) is 5.32 Å². The van der Waals surface area contributed by atoms with Crippen LogP contribution in [0.1, 0.15) is 40.0 Å². The molecule has 1 amide bonds. The SMILES string of the molecule is CC(=O)c1ccc(OCC(=O)NC(c2ccccc2)c2ccc(C)cc2)cc1. The summed E-state index contributed by atoms with van der Waals surface area (Å²) in [4.78, 5) is 23.9. The number of rotatable bonds is 7. The van der Waals surface area contributed by atoms with Gasteiger partial charge in [-0.25, -0.2) is 0 Å². The predicted molar refractivity (Wildman–Crippen MR) is 110 cm³/mol. The first-order chi connectivity index (χ1) is 13.5. The quantitative estimate of drug-likeness (QED) is 0.621. The Kier molecular flexibility index (Phi) is 6.22. The number of ketones is 1. The molecule has 0 radical (unpaired) electrons. The number of amides is 1. The van der Waals surface area contributed by atoms with Gasteiger partial charge in [0.25, 0.3) is 5.91 Å². The lowest BCUT2D eigenvalue weighted by Crippen LogP contribution is -2.33. The molecule has 0 bridgehead atoms. The Balaban J connectivity index is 1.69. The maximum Gasteiger partial charge on any atom is 0.258 e. The lowest BCUT2D eigenvalue weighted by Gasteiger charge is -2.20. The first kappa shape index (κ1) is 19.4. The van der Waals surface area contributed by atoms with Crippen molar-refractivity contribution in [1.29, 1.82) is 0 Å². The normalized spacial score (nSPS) is 11.5. The molecule has 3 rings (SSSR count). The molecule has 1 atom stereocenters. The smallest absolute Gasteiger partial charge is 0.258 e. The Labute approximate surface area is 165 Å². The molecule has 0 heterocycles. The van der Waals surface area contributed by atoms with Gasteiger partial charge in [0.15, 0.2) is 12.4 Å². The van der Waals surface area contributed by atoms with E-state index in [1.807, 2.05) is 61.5 Å². The molecule has 4 nitrogen and oxygen atoms in total. The standard InChI is InChI=1S/C24H23NO3/c1-17-8-10-21(11-9-17)24(20-6-4-3-5-7-20)25-23(27)16-28-22-14-12-19(13-15-22)18(2)26/h3-15,24H,16H2,1-2H3,(H,25,27). The van der Waals surface area contributed by atoms with Gasteiger partial charge in [-0.2, -0.15) is 0 Å². The number of ether oxygens (including phenoxy) is 1. The van der Waals surface area contributed by atoms with Crippen LogP contribution in [0, 0.1) is 6.92 Å². The molecule has 28 heavy (non-hydrogen) atoms. The summed E-state index contributed by atoms with van der Waals surface area (Å²) in [5.74, 6) is 0.324. The molecule has 1 N–H and O–H groups in total. The number of Topliss-reactive ketones (excluding diaryl/α,β-unsaturated/α-hetero) is 1. The summed E-state index contributed by atoms with van der Waals surface area (Å²) in [7, 11) is 0. The summed E-state index contributed by atoms with van der Waals surface area (Å²) >= 11 is 0. The Morgan fingerprint density at radius 2 is 1.46 bits per heavy atom. The number of carbonyl (C=O) groups is 2. The summed E-state index contributed by atoms with van der Waals surface area (Å²) < 4.78 is 5.57. The van der Waals surface area contributed by atoms with Crippen LogP contribution in [0.25, 0.3) is 0 Å². The molecule has 0 aromatic heterocycles. The fourth-order valence-corrected chi connectivity index (χ4v) is 2.90. The van der Waals surface area contributed by atoms with E-state index in [4.69, 9.17) is 4.74 Å². The molecule has 142 valence electrons. The van der Waals surface area contributed by atoms with Crippen molar-refractivity contribution in [2.75, 3.05) is 6.61 Å². The molecule has 0 saturated heterocycles. The number of aryl methyl sites for hydroxylation is 1. The summed E-state index contributed by atoms with van der Waals surface area (Å²) in [6.07, 6.45) is 0. The monoisotopic (exact) mass is 373 g/mol. The molecule has 1 unspecified atom stereocenters. The van der Waals surface area contributed by atoms with Crippen LogP contribution in [0.3, 0.4) is 0 Å². The number of nitrogens with one attached hydrogen (secondary N) is 1. The minimum atomic E-state index is -0.252. The van der Waals surface area contributed by atoms with Crippen molar-refractivity contribution in [2.24, 2.45) is 0 Å². The van der Waals surface area contributed by atoms with Gasteiger partial charge in [0.05, 0.1) is 6.04 Å². The first-order valence-electron chi connectivity index (χ1n) is 9.17. The van der Waals surface area contributed by atoms with Gasteiger partial charge >= 0.3 is 0 Å². The molecule has 0 aliphatic carbocycles. The van der Waals surface area contributed by atoms with Crippen LogP contribution in [0.15, 0.2) is 78.9 Å². The van der Waals surface area contributed by atoms with Gasteiger partial charge < -0.3 is 10.1 Å². The summed E-state index contributed by atoms with van der Waals surface area (Å²) in [5, 5.41) is 3.05. The summed E-state index contributed by atoms with van der Waals surface area (Å²) in [5.41, 5.74) is 3.79. The highest BCUT2D eigenvalue weighted by Crippen LogP contribution is 2.22. The van der Waals surface area contributed by atoms with Crippen LogP contribution >= 0.6 is 0 Å². The molecule has 0 aliphatic rings. The maximum atomic E-state index is 12.5. The fourth-order valence-electron chi connectivity index (χ4n) is 2.90. The van der Waals surface area contributed by atoms with Gasteiger partial charge in [-0.05, 0) is 49.2 Å². The van der Waals surface area contributed by atoms with Gasteiger partial charge in [0, 0.05) is 5.56 Å². The van der Waals surface area contributed by atoms with Crippen LogP contribution < -0.4 is 10.1 Å². The van der Waals surface area contributed by atoms with E-state index in [0.29, 0.717) is 11.3 Å². The summed E-state index contributed by atoms with van der Waals surface area (Å²) in [6.45, 7) is 3.44. The van der Waals surface area contributed by atoms with Crippen molar-refractivity contribution in [2.45, 2.75) is 19.9 Å². The minimum absolute atomic E-state index is 0.00639. The highest BCUT2D eigenvalue weighted by molar-refractivity contribution is 5.94. The molecule has 0 aliphatic heterocycles. The molecule has 3 aromatic rings. The molecule has 0 spiro atoms. The number of hydrogen-bond acceptors (Lipinski definition) is 3. The van der Waals surface area contributed by atoms with E-state index in [1.165, 1.54) is 12.5 Å². The molecule has 0 saturated carbocycles. The van der Waals surface area contributed by atoms with Crippen LogP contribution in [0.2, 0.25) is 0 Å². The van der Waals surface area contributed by atoms with Crippen LogP contribution in [0.4, 0.5) is 0 Å². The van der Waals surface area contributed by atoms with Gasteiger partial charge in [0.2, 0.25) is 0 Å². The molecular formula is C24H23NO3. The Morgan fingerprint density at radius 3 is 2.07 bits per heavy atom. The zero-order valence-electron chi connectivity index (χ0n) is 16.0. The van der Waals surface area contributed by atoms with Gasteiger partial charge in [-0.3, -0.25) is 9.59 Å². The van der Waals surface area contributed by atoms with E-state index < -0.39 is 0 Å². The van der Waals surface area contributed by atoms with E-state index in [9.17, 15) is 9.59 Å². The van der Waals surface area contributed by atoms with E-state index in [1.54, 1.807) is 24.3 Å². The third kappa shape index (κ3) is 5.07. The Morgan fingerprint density at radius 1 is 0.857 bits per heavy atom. The van der Waals surface area contributed by atoms with Crippen molar-refractivity contribution in [3.05, 3.63) is 101 Å². The van der Waals surface area contributed by atoms with Crippen molar-refractivity contribution < 1.29 is 14.3 Å². The third-order valence-electron chi connectivity index (χ3n) is 4.48. The third-order valence-corrected chi connectivity index (χ3v) is 4.48. The van der Waals surface area contributed by atoms with Crippen LogP contribution in [-0.4, -0.2) is 18.3 Å². The van der Waals surface area contributed by atoms with Crippen LogP contribution in [-0.2, 0) is 4.79 Å². The minimum Gasteiger partial charge on any atom is -0.484 e. The highest BCUT2D eigenvalue weighted by Gasteiger charge is 2.17.